The Morgan fingerprint density at radius 2 is 2.00 bits per heavy atom. The second kappa shape index (κ2) is 5.41. The lowest BCUT2D eigenvalue weighted by molar-refractivity contribution is 0.836. The summed E-state index contributed by atoms with van der Waals surface area (Å²) in [7, 11) is 0. The van der Waals surface area contributed by atoms with E-state index in [0.717, 1.165) is 20.9 Å². The zero-order valence-electron chi connectivity index (χ0n) is 11.0. The highest BCUT2D eigenvalue weighted by molar-refractivity contribution is 9.10. The van der Waals surface area contributed by atoms with Crippen molar-refractivity contribution in [3.8, 4) is 0 Å². The first-order chi connectivity index (χ1) is 8.49. The van der Waals surface area contributed by atoms with E-state index in [1.165, 1.54) is 10.4 Å². The summed E-state index contributed by atoms with van der Waals surface area (Å²) < 4.78 is 1.13. The maximum Gasteiger partial charge on any atom is 0.0901 e. The van der Waals surface area contributed by atoms with Crippen molar-refractivity contribution >= 4 is 33.0 Å². The van der Waals surface area contributed by atoms with E-state index in [2.05, 4.69) is 72.1 Å². The van der Waals surface area contributed by atoms with Gasteiger partial charge in [-0.2, -0.15) is 0 Å². The molecule has 1 aromatic heterocycles. The SMILES string of the molecule is Cc1nc(C(C)Nc2cccc(C)c2Br)c(C)s1. The van der Waals surface area contributed by atoms with Crippen molar-refractivity contribution in [1.29, 1.82) is 0 Å². The van der Waals surface area contributed by atoms with Crippen LogP contribution in [0.1, 0.15) is 34.1 Å². The van der Waals surface area contributed by atoms with Gasteiger partial charge in [0.15, 0.2) is 0 Å². The number of aryl methyl sites for hydroxylation is 3. The van der Waals surface area contributed by atoms with Crippen LogP contribution in [0.25, 0.3) is 0 Å². The number of hydrogen-bond acceptors (Lipinski definition) is 3. The van der Waals surface area contributed by atoms with Gasteiger partial charge in [0.05, 0.1) is 16.7 Å². The van der Waals surface area contributed by atoms with E-state index >= 15 is 0 Å². The predicted molar refractivity (Wildman–Crippen MR) is 82.5 cm³/mol. The normalized spacial score (nSPS) is 12.5. The molecule has 1 heterocycles. The van der Waals surface area contributed by atoms with Gasteiger partial charge in [-0.15, -0.1) is 11.3 Å². The molecule has 0 saturated heterocycles. The summed E-state index contributed by atoms with van der Waals surface area (Å²) >= 11 is 5.38. The Morgan fingerprint density at radius 3 is 2.61 bits per heavy atom. The average molecular weight is 325 g/mol. The molecule has 0 saturated carbocycles. The molecule has 1 aromatic carbocycles. The third kappa shape index (κ3) is 2.75. The van der Waals surface area contributed by atoms with E-state index in [4.69, 9.17) is 0 Å². The van der Waals surface area contributed by atoms with Crippen LogP contribution in [-0.2, 0) is 0 Å². The van der Waals surface area contributed by atoms with Crippen molar-refractivity contribution in [3.05, 3.63) is 43.8 Å². The zero-order chi connectivity index (χ0) is 13.3. The fourth-order valence-corrected chi connectivity index (χ4v) is 3.30. The lowest BCUT2D eigenvalue weighted by atomic mass is 10.1. The Labute approximate surface area is 121 Å². The van der Waals surface area contributed by atoms with Gasteiger partial charge in [0.2, 0.25) is 0 Å². The van der Waals surface area contributed by atoms with Crippen LogP contribution in [0.3, 0.4) is 0 Å². The second-order valence-corrected chi connectivity index (χ2v) is 6.68. The van der Waals surface area contributed by atoms with Crippen molar-refractivity contribution in [1.82, 2.24) is 4.98 Å². The standard InChI is InChI=1S/C14H17BrN2S/c1-8-6-5-7-12(13(8)15)16-9(2)14-10(3)18-11(4)17-14/h5-7,9,16H,1-4H3. The Morgan fingerprint density at radius 1 is 1.28 bits per heavy atom. The number of thiazole rings is 1. The lowest BCUT2D eigenvalue weighted by Crippen LogP contribution is -2.09. The van der Waals surface area contributed by atoms with Gasteiger partial charge in [0.25, 0.3) is 0 Å². The third-order valence-corrected chi connectivity index (χ3v) is 4.87. The zero-order valence-corrected chi connectivity index (χ0v) is 13.4. The van der Waals surface area contributed by atoms with E-state index in [-0.39, 0.29) is 6.04 Å². The molecule has 2 aromatic rings. The molecule has 4 heteroatoms. The third-order valence-electron chi connectivity index (χ3n) is 2.91. The summed E-state index contributed by atoms with van der Waals surface area (Å²) in [5.41, 5.74) is 3.50. The van der Waals surface area contributed by atoms with Gasteiger partial charge in [-0.25, -0.2) is 4.98 Å². The van der Waals surface area contributed by atoms with Gasteiger partial charge < -0.3 is 5.32 Å². The van der Waals surface area contributed by atoms with Crippen LogP contribution in [0, 0.1) is 20.8 Å². The van der Waals surface area contributed by atoms with Crippen LogP contribution in [0.2, 0.25) is 0 Å². The lowest BCUT2D eigenvalue weighted by Gasteiger charge is -2.16. The van der Waals surface area contributed by atoms with Crippen molar-refractivity contribution in [2.24, 2.45) is 0 Å². The van der Waals surface area contributed by atoms with Crippen LogP contribution in [-0.4, -0.2) is 4.98 Å². The van der Waals surface area contributed by atoms with Crippen LogP contribution < -0.4 is 5.32 Å². The Hall–Kier alpha value is -0.870. The number of halogens is 1. The first kappa shape index (κ1) is 13.6. The van der Waals surface area contributed by atoms with Gasteiger partial charge in [-0.1, -0.05) is 12.1 Å². The number of rotatable bonds is 3. The summed E-state index contributed by atoms with van der Waals surface area (Å²) in [4.78, 5) is 5.89. The van der Waals surface area contributed by atoms with Gasteiger partial charge >= 0.3 is 0 Å². The molecule has 1 atom stereocenters. The molecule has 2 nitrogen and oxygen atoms in total. The number of hydrogen-bond donors (Lipinski definition) is 1. The minimum absolute atomic E-state index is 0.216. The maximum absolute atomic E-state index is 4.60. The van der Waals surface area contributed by atoms with Gasteiger partial charge in [-0.05, 0) is 55.3 Å². The molecule has 0 aliphatic carbocycles. The summed E-state index contributed by atoms with van der Waals surface area (Å²) in [6.45, 7) is 8.42. The molecular weight excluding hydrogens is 308 g/mol. The average Bonchev–Trinajstić information content (AvgIpc) is 2.64. The van der Waals surface area contributed by atoms with Crippen LogP contribution in [0.4, 0.5) is 5.69 Å². The maximum atomic E-state index is 4.60. The summed E-state index contributed by atoms with van der Waals surface area (Å²) in [6.07, 6.45) is 0. The van der Waals surface area contributed by atoms with Gasteiger partial charge in [0, 0.05) is 15.0 Å². The molecule has 0 bridgehead atoms. The summed E-state index contributed by atoms with van der Waals surface area (Å²) in [5.74, 6) is 0. The van der Waals surface area contributed by atoms with Crippen molar-refractivity contribution in [2.45, 2.75) is 33.7 Å². The smallest absolute Gasteiger partial charge is 0.0901 e. The summed E-state index contributed by atoms with van der Waals surface area (Å²) in [5, 5.41) is 4.64. The second-order valence-electron chi connectivity index (χ2n) is 4.48. The van der Waals surface area contributed by atoms with Gasteiger partial charge in [-0.3, -0.25) is 0 Å². The Balaban J connectivity index is 2.24. The van der Waals surface area contributed by atoms with E-state index in [1.54, 1.807) is 11.3 Å². The minimum atomic E-state index is 0.216. The topological polar surface area (TPSA) is 24.9 Å². The Bertz CT molecular complexity index is 563. The molecular formula is C14H17BrN2S. The quantitative estimate of drug-likeness (QED) is 0.858. The van der Waals surface area contributed by atoms with Crippen LogP contribution in [0.5, 0.6) is 0 Å². The molecule has 0 radical (unpaired) electrons. The monoisotopic (exact) mass is 324 g/mol. The van der Waals surface area contributed by atoms with Crippen LogP contribution in [0.15, 0.2) is 22.7 Å². The first-order valence-electron chi connectivity index (χ1n) is 5.94. The van der Waals surface area contributed by atoms with Gasteiger partial charge in [0.1, 0.15) is 0 Å². The number of anilines is 1. The number of aromatic nitrogens is 1. The molecule has 96 valence electrons. The van der Waals surface area contributed by atoms with E-state index in [9.17, 15) is 0 Å². The molecule has 18 heavy (non-hydrogen) atoms. The molecule has 0 amide bonds. The van der Waals surface area contributed by atoms with E-state index in [0.29, 0.717) is 0 Å². The fourth-order valence-electron chi connectivity index (χ4n) is 2.01. The minimum Gasteiger partial charge on any atom is -0.376 e. The van der Waals surface area contributed by atoms with Crippen molar-refractivity contribution < 1.29 is 0 Å². The molecule has 0 spiro atoms. The molecule has 0 aliphatic heterocycles. The fraction of sp³-hybridized carbons (Fsp3) is 0.357. The summed E-state index contributed by atoms with van der Waals surface area (Å²) in [6, 6.07) is 6.46. The molecule has 0 aliphatic rings. The van der Waals surface area contributed by atoms with Crippen LogP contribution >= 0.6 is 27.3 Å². The largest absolute Gasteiger partial charge is 0.376 e. The van der Waals surface area contributed by atoms with Crippen molar-refractivity contribution in [2.75, 3.05) is 5.32 Å². The van der Waals surface area contributed by atoms with Crippen molar-refractivity contribution in [3.63, 3.8) is 0 Å². The molecule has 2 rings (SSSR count). The molecule has 0 fully saturated rings. The Kier molecular flexibility index (Phi) is 4.07. The highest BCUT2D eigenvalue weighted by atomic mass is 79.9. The highest BCUT2D eigenvalue weighted by Gasteiger charge is 2.14. The van der Waals surface area contributed by atoms with E-state index in [1.807, 2.05) is 0 Å². The number of benzene rings is 1. The van der Waals surface area contributed by atoms with E-state index < -0.39 is 0 Å². The molecule has 1 N–H and O–H groups in total. The molecule has 1 unspecified atom stereocenters. The highest BCUT2D eigenvalue weighted by Crippen LogP contribution is 2.30. The number of nitrogens with zero attached hydrogens (tertiary/aromatic N) is 1. The predicted octanol–water partition coefficient (Wildman–Crippen LogP) is 5.00. The number of nitrogens with one attached hydrogen (secondary N) is 1. The first-order valence-corrected chi connectivity index (χ1v) is 7.55.